The van der Waals surface area contributed by atoms with Crippen molar-refractivity contribution >= 4 is 29.2 Å². The van der Waals surface area contributed by atoms with Gasteiger partial charge in [-0.15, -0.1) is 0 Å². The Bertz CT molecular complexity index is 1600. The van der Waals surface area contributed by atoms with E-state index in [1.165, 1.54) is 23.2 Å². The molecule has 0 unspecified atom stereocenters. The highest BCUT2D eigenvalue weighted by molar-refractivity contribution is 5.91. The third-order valence-corrected chi connectivity index (χ3v) is 5.15. The standard InChI is InChI=1S/C28H19N3O4/c32-26(17-16-20-9-2-1-3-10-20)35-24-14-7-4-11-21(24)19-29-31-27(25-15-8-18-34-25)30-23-13-6-5-12-22(23)28(31)33/h1-19H/b17-16+,29-19+. The summed E-state index contributed by atoms with van der Waals surface area (Å²) in [5.74, 6) is 0.432. The molecule has 0 aliphatic carbocycles. The molecule has 0 saturated carbocycles. The molecule has 7 nitrogen and oxygen atoms in total. The average Bonchev–Trinajstić information content (AvgIpc) is 3.43. The van der Waals surface area contributed by atoms with Gasteiger partial charge in [0.1, 0.15) is 5.75 Å². The minimum Gasteiger partial charge on any atom is -0.461 e. The van der Waals surface area contributed by atoms with Gasteiger partial charge in [-0.3, -0.25) is 4.79 Å². The molecule has 0 aliphatic rings. The molecule has 2 aromatic heterocycles. The maximum absolute atomic E-state index is 13.2. The molecular weight excluding hydrogens is 442 g/mol. The van der Waals surface area contributed by atoms with Crippen molar-refractivity contribution in [2.45, 2.75) is 0 Å². The summed E-state index contributed by atoms with van der Waals surface area (Å²) in [6, 6.07) is 26.8. The first kappa shape index (κ1) is 21.8. The van der Waals surface area contributed by atoms with E-state index in [-0.39, 0.29) is 11.4 Å². The van der Waals surface area contributed by atoms with Crippen LogP contribution in [0, 0.1) is 0 Å². The summed E-state index contributed by atoms with van der Waals surface area (Å²) in [4.78, 5) is 30.2. The topological polar surface area (TPSA) is 86.7 Å². The Balaban J connectivity index is 1.48. The molecule has 5 rings (SSSR count). The number of esters is 1. The van der Waals surface area contributed by atoms with Crippen molar-refractivity contribution in [2.24, 2.45) is 5.10 Å². The highest BCUT2D eigenvalue weighted by Crippen LogP contribution is 2.20. The summed E-state index contributed by atoms with van der Waals surface area (Å²) in [5, 5.41) is 4.81. The SMILES string of the molecule is O=C(/C=C/c1ccccc1)Oc1ccccc1/C=N/n1c(-c2ccco2)nc2ccccc2c1=O. The minimum absolute atomic E-state index is 0.259. The number of rotatable bonds is 6. The number of nitrogens with zero attached hydrogens (tertiary/aromatic N) is 3. The van der Waals surface area contributed by atoms with Crippen LogP contribution in [0.3, 0.4) is 0 Å². The van der Waals surface area contributed by atoms with Crippen LogP contribution in [0.1, 0.15) is 11.1 Å². The number of furan rings is 1. The molecule has 0 saturated heterocycles. The van der Waals surface area contributed by atoms with E-state index in [0.717, 1.165) is 5.56 Å². The normalized spacial score (nSPS) is 11.4. The van der Waals surface area contributed by atoms with E-state index in [4.69, 9.17) is 9.15 Å². The van der Waals surface area contributed by atoms with Crippen molar-refractivity contribution in [3.8, 4) is 17.3 Å². The second-order valence-electron chi connectivity index (χ2n) is 7.49. The Morgan fingerprint density at radius 3 is 2.51 bits per heavy atom. The van der Waals surface area contributed by atoms with Crippen LogP contribution in [0.2, 0.25) is 0 Å². The predicted octanol–water partition coefficient (Wildman–Crippen LogP) is 5.16. The van der Waals surface area contributed by atoms with Crippen LogP contribution in [0.5, 0.6) is 5.75 Å². The van der Waals surface area contributed by atoms with Gasteiger partial charge in [0.25, 0.3) is 5.56 Å². The molecule has 0 spiro atoms. The number of carbonyl (C=O) groups excluding carboxylic acids is 1. The minimum atomic E-state index is -0.532. The first-order chi connectivity index (χ1) is 17.2. The van der Waals surface area contributed by atoms with E-state index in [9.17, 15) is 9.59 Å². The molecule has 0 atom stereocenters. The lowest BCUT2D eigenvalue weighted by Crippen LogP contribution is -2.20. The fourth-order valence-electron chi connectivity index (χ4n) is 3.47. The van der Waals surface area contributed by atoms with Crippen molar-refractivity contribution < 1.29 is 13.9 Å². The molecule has 3 aromatic carbocycles. The van der Waals surface area contributed by atoms with Crippen LogP contribution >= 0.6 is 0 Å². The Morgan fingerprint density at radius 1 is 0.914 bits per heavy atom. The Labute approximate surface area is 200 Å². The maximum Gasteiger partial charge on any atom is 0.336 e. The largest absolute Gasteiger partial charge is 0.461 e. The smallest absolute Gasteiger partial charge is 0.336 e. The molecule has 0 bridgehead atoms. The number of ether oxygens (including phenoxy) is 1. The van der Waals surface area contributed by atoms with E-state index < -0.39 is 5.97 Å². The molecule has 0 radical (unpaired) electrons. The summed E-state index contributed by atoms with van der Waals surface area (Å²) in [7, 11) is 0. The van der Waals surface area contributed by atoms with Gasteiger partial charge < -0.3 is 9.15 Å². The van der Waals surface area contributed by atoms with Crippen LogP contribution in [0.15, 0.2) is 118 Å². The van der Waals surface area contributed by atoms with Gasteiger partial charge in [0.15, 0.2) is 5.76 Å². The second kappa shape index (κ2) is 9.84. The Hall–Kier alpha value is -5.04. The highest BCUT2D eigenvalue weighted by atomic mass is 16.5. The molecule has 5 aromatic rings. The van der Waals surface area contributed by atoms with E-state index in [0.29, 0.717) is 28.0 Å². The fraction of sp³-hybridized carbons (Fsp3) is 0. The Morgan fingerprint density at radius 2 is 1.69 bits per heavy atom. The fourth-order valence-corrected chi connectivity index (χ4v) is 3.47. The van der Waals surface area contributed by atoms with Gasteiger partial charge in [-0.1, -0.05) is 54.6 Å². The Kier molecular flexibility index (Phi) is 6.13. The van der Waals surface area contributed by atoms with Gasteiger partial charge in [-0.25, -0.2) is 9.78 Å². The number of carbonyl (C=O) groups is 1. The summed E-state index contributed by atoms with van der Waals surface area (Å²) < 4.78 is 12.2. The molecular formula is C28H19N3O4. The van der Waals surface area contributed by atoms with Gasteiger partial charge in [0, 0.05) is 11.6 Å². The molecule has 2 heterocycles. The molecule has 0 aliphatic heterocycles. The zero-order chi connectivity index (χ0) is 24.0. The van der Waals surface area contributed by atoms with Gasteiger partial charge in [-0.2, -0.15) is 9.78 Å². The second-order valence-corrected chi connectivity index (χ2v) is 7.49. The maximum atomic E-state index is 13.2. The first-order valence-electron chi connectivity index (χ1n) is 10.8. The van der Waals surface area contributed by atoms with Crippen molar-refractivity contribution in [3.05, 3.63) is 125 Å². The number of benzene rings is 3. The van der Waals surface area contributed by atoms with Gasteiger partial charge in [0.2, 0.25) is 5.82 Å². The van der Waals surface area contributed by atoms with E-state index in [1.807, 2.05) is 36.4 Å². The lowest BCUT2D eigenvalue weighted by Gasteiger charge is -2.08. The van der Waals surface area contributed by atoms with Crippen molar-refractivity contribution in [1.29, 1.82) is 0 Å². The number of hydrogen-bond acceptors (Lipinski definition) is 6. The summed E-state index contributed by atoms with van der Waals surface area (Å²) in [6.07, 6.45) is 5.99. The van der Waals surface area contributed by atoms with Crippen LogP contribution in [-0.4, -0.2) is 21.8 Å². The molecule has 0 N–H and O–H groups in total. The number of aromatic nitrogens is 2. The van der Waals surface area contributed by atoms with Crippen LogP contribution in [0.4, 0.5) is 0 Å². The zero-order valence-electron chi connectivity index (χ0n) is 18.4. The molecule has 35 heavy (non-hydrogen) atoms. The van der Waals surface area contributed by atoms with E-state index in [2.05, 4.69) is 10.1 Å². The average molecular weight is 461 g/mol. The van der Waals surface area contributed by atoms with Crippen LogP contribution in [0.25, 0.3) is 28.6 Å². The third-order valence-electron chi connectivity index (χ3n) is 5.15. The van der Waals surface area contributed by atoms with Crippen LogP contribution in [-0.2, 0) is 4.79 Å². The van der Waals surface area contributed by atoms with Gasteiger partial charge in [0.05, 0.1) is 23.4 Å². The molecule has 0 amide bonds. The number of fused-ring (bicyclic) bond motifs is 1. The third kappa shape index (κ3) is 4.84. The zero-order valence-corrected chi connectivity index (χ0v) is 18.4. The van der Waals surface area contributed by atoms with E-state index in [1.54, 1.807) is 60.7 Å². The van der Waals surface area contributed by atoms with Crippen molar-refractivity contribution in [3.63, 3.8) is 0 Å². The number of hydrogen-bond donors (Lipinski definition) is 0. The predicted molar refractivity (Wildman–Crippen MR) is 134 cm³/mol. The molecule has 170 valence electrons. The van der Waals surface area contributed by atoms with Gasteiger partial charge >= 0.3 is 5.97 Å². The number of para-hydroxylation sites is 2. The molecule has 7 heteroatoms. The lowest BCUT2D eigenvalue weighted by atomic mass is 10.2. The molecule has 0 fully saturated rings. The summed E-state index contributed by atoms with van der Waals surface area (Å²) >= 11 is 0. The van der Waals surface area contributed by atoms with Crippen LogP contribution < -0.4 is 10.3 Å². The quantitative estimate of drug-likeness (QED) is 0.151. The monoisotopic (exact) mass is 461 g/mol. The highest BCUT2D eigenvalue weighted by Gasteiger charge is 2.14. The van der Waals surface area contributed by atoms with Crippen molar-refractivity contribution in [2.75, 3.05) is 0 Å². The summed E-state index contributed by atoms with van der Waals surface area (Å²) in [5.41, 5.74) is 1.58. The van der Waals surface area contributed by atoms with E-state index >= 15 is 0 Å². The summed E-state index contributed by atoms with van der Waals surface area (Å²) in [6.45, 7) is 0. The lowest BCUT2D eigenvalue weighted by molar-refractivity contribution is -0.128. The first-order valence-corrected chi connectivity index (χ1v) is 10.8. The van der Waals surface area contributed by atoms with Gasteiger partial charge in [-0.05, 0) is 48.0 Å². The van der Waals surface area contributed by atoms with Crippen molar-refractivity contribution in [1.82, 2.24) is 9.66 Å².